The summed E-state index contributed by atoms with van der Waals surface area (Å²) in [5.41, 5.74) is 1.28. The number of rotatable bonds is 7. The normalized spacial score (nSPS) is 40.9. The Morgan fingerprint density at radius 2 is 1.89 bits per heavy atom. The van der Waals surface area contributed by atoms with Gasteiger partial charge in [-0.1, -0.05) is 20.8 Å². The molecular weight excluding hydrogens is 623 g/mol. The van der Waals surface area contributed by atoms with Gasteiger partial charge in [0.15, 0.2) is 6.04 Å². The van der Waals surface area contributed by atoms with Crippen LogP contribution in [0.4, 0.5) is 5.69 Å². The summed E-state index contributed by atoms with van der Waals surface area (Å²) in [6, 6.07) is 4.90. The first-order valence-corrected chi connectivity index (χ1v) is 18.9. The maximum absolute atomic E-state index is 13.1. The molecule has 0 spiro atoms. The number of anilines is 1. The van der Waals surface area contributed by atoms with Crippen molar-refractivity contribution in [3.63, 3.8) is 0 Å². The minimum atomic E-state index is -0.926. The number of carboxylic acids is 1. The van der Waals surface area contributed by atoms with Gasteiger partial charge in [-0.25, -0.2) is 9.78 Å². The Morgan fingerprint density at radius 1 is 1.09 bits per heavy atom. The van der Waals surface area contributed by atoms with Crippen molar-refractivity contribution >= 4 is 55.9 Å². The van der Waals surface area contributed by atoms with E-state index in [2.05, 4.69) is 36.1 Å². The number of aliphatic hydroxyl groups is 3. The molecule has 4 aliphatic carbocycles. The molecule has 5 N–H and O–H groups in total. The molecule has 0 bridgehead atoms. The van der Waals surface area contributed by atoms with E-state index in [9.17, 15) is 30.0 Å². The van der Waals surface area contributed by atoms with Gasteiger partial charge in [0.05, 0.1) is 28.5 Å². The Balaban J connectivity index is 0.989. The molecule has 1 aromatic carbocycles. The van der Waals surface area contributed by atoms with Crippen molar-refractivity contribution in [3.8, 4) is 0 Å². The van der Waals surface area contributed by atoms with Crippen LogP contribution in [-0.2, 0) is 9.59 Å². The molecule has 2 aromatic rings. The molecule has 46 heavy (non-hydrogen) atoms. The van der Waals surface area contributed by atoms with Crippen LogP contribution in [0.25, 0.3) is 10.2 Å². The smallest absolute Gasteiger partial charge is 0.329 e. The van der Waals surface area contributed by atoms with Gasteiger partial charge in [-0.2, -0.15) is 0 Å². The highest BCUT2D eigenvalue weighted by Crippen LogP contribution is 2.68. The van der Waals surface area contributed by atoms with E-state index >= 15 is 0 Å². The third kappa shape index (κ3) is 5.42. The summed E-state index contributed by atoms with van der Waals surface area (Å²) in [6.07, 6.45) is 6.07. The summed E-state index contributed by atoms with van der Waals surface area (Å²) in [5, 5.41) is 47.4. The molecule has 5 aliphatic rings. The Labute approximate surface area is 278 Å². The first kappa shape index (κ1) is 32.5. The predicted octanol–water partition coefficient (Wildman–Crippen LogP) is 5.56. The van der Waals surface area contributed by atoms with Gasteiger partial charge in [0, 0.05) is 17.9 Å². The fourth-order valence-corrected chi connectivity index (χ4v) is 12.7. The maximum Gasteiger partial charge on any atom is 0.329 e. The molecule has 4 fully saturated rings. The van der Waals surface area contributed by atoms with Crippen LogP contribution < -0.4 is 5.32 Å². The maximum atomic E-state index is 13.1. The van der Waals surface area contributed by atoms with Crippen molar-refractivity contribution < 1.29 is 30.0 Å². The van der Waals surface area contributed by atoms with Gasteiger partial charge < -0.3 is 25.7 Å². The van der Waals surface area contributed by atoms with E-state index in [1.54, 1.807) is 0 Å². The van der Waals surface area contributed by atoms with Crippen LogP contribution in [0.5, 0.6) is 0 Å². The number of aliphatic imine (C=N–C) groups is 1. The summed E-state index contributed by atoms with van der Waals surface area (Å²) in [6.45, 7) is 6.85. The van der Waals surface area contributed by atoms with Gasteiger partial charge in [-0.3, -0.25) is 9.79 Å². The number of amides is 1. The van der Waals surface area contributed by atoms with Crippen LogP contribution in [0.1, 0.15) is 83.6 Å². The summed E-state index contributed by atoms with van der Waals surface area (Å²) in [7, 11) is 0. The second-order valence-electron chi connectivity index (χ2n) is 15.4. The van der Waals surface area contributed by atoms with Gasteiger partial charge in [-0.15, -0.1) is 23.1 Å². The van der Waals surface area contributed by atoms with Gasteiger partial charge in [0.25, 0.3) is 0 Å². The van der Waals surface area contributed by atoms with Crippen molar-refractivity contribution in [1.82, 2.24) is 4.98 Å². The van der Waals surface area contributed by atoms with Crippen LogP contribution in [0.15, 0.2) is 23.2 Å². The summed E-state index contributed by atoms with van der Waals surface area (Å²) < 4.78 is 0.909. The lowest BCUT2D eigenvalue weighted by Gasteiger charge is -2.63. The van der Waals surface area contributed by atoms with E-state index < -0.39 is 18.1 Å². The molecule has 0 radical (unpaired) electrons. The highest BCUT2D eigenvalue weighted by molar-refractivity contribution is 8.15. The van der Waals surface area contributed by atoms with E-state index in [-0.39, 0.29) is 58.5 Å². The largest absolute Gasteiger partial charge is 0.480 e. The van der Waals surface area contributed by atoms with Crippen LogP contribution in [-0.4, -0.2) is 72.4 Å². The molecule has 1 aromatic heterocycles. The molecule has 2 heterocycles. The number of nitrogens with one attached hydrogen (secondary N) is 1. The standard InChI is InChI=1S/C35H47N3O6S2/c1-17(4-9-29(42)36-19-5-8-24-27(14-19)46-32(37-24)31-38-25(16-45-31)33(43)44)21-6-7-22-30-23(15-28(41)35(21,22)3)34(2)11-10-20(39)12-18(34)13-26(30)40/h5,8,14,17-18,20-23,25-26,28,30,39-41H,4,6-7,9-13,15-16H2,1-3H3,(H,36,42)(H,43,44)/t17-,18+,20-,21-,22+,23+,25-,26-,28+,30+,34+,35-/m1/s1. The van der Waals surface area contributed by atoms with E-state index in [4.69, 9.17) is 0 Å². The number of aromatic nitrogens is 1. The van der Waals surface area contributed by atoms with Gasteiger partial charge in [0.1, 0.15) is 10.1 Å². The molecule has 4 saturated carbocycles. The molecule has 11 heteroatoms. The molecule has 0 saturated heterocycles. The zero-order chi connectivity index (χ0) is 32.5. The number of fused-ring (bicyclic) bond motifs is 6. The average Bonchev–Trinajstić information content (AvgIpc) is 3.75. The van der Waals surface area contributed by atoms with Crippen molar-refractivity contribution in [2.45, 2.75) is 103 Å². The zero-order valence-corrected chi connectivity index (χ0v) is 28.5. The molecule has 1 aliphatic heterocycles. The number of aliphatic hydroxyl groups excluding tert-OH is 3. The number of hydrogen-bond donors (Lipinski definition) is 5. The highest BCUT2D eigenvalue weighted by atomic mass is 32.2. The number of carbonyl (C=O) groups is 2. The van der Waals surface area contributed by atoms with E-state index in [1.807, 2.05) is 18.2 Å². The lowest BCUT2D eigenvalue weighted by atomic mass is 9.43. The van der Waals surface area contributed by atoms with Gasteiger partial charge >= 0.3 is 5.97 Å². The third-order valence-corrected chi connectivity index (χ3v) is 15.3. The zero-order valence-electron chi connectivity index (χ0n) is 26.9. The van der Waals surface area contributed by atoms with E-state index in [0.717, 1.165) is 61.6 Å². The number of hydrogen-bond acceptors (Lipinski definition) is 9. The minimum absolute atomic E-state index is 0.0407. The van der Waals surface area contributed by atoms with Crippen LogP contribution in [0.3, 0.4) is 0 Å². The first-order chi connectivity index (χ1) is 21.9. The van der Waals surface area contributed by atoms with Crippen LogP contribution >= 0.6 is 23.1 Å². The topological polar surface area (TPSA) is 152 Å². The summed E-state index contributed by atoms with van der Waals surface area (Å²) in [4.78, 5) is 33.3. The Bertz CT molecular complexity index is 1550. The number of thioether (sulfide) groups is 1. The minimum Gasteiger partial charge on any atom is -0.480 e. The second kappa shape index (κ2) is 12.1. The molecule has 7 rings (SSSR count). The highest BCUT2D eigenvalue weighted by Gasteiger charge is 2.65. The fourth-order valence-electron chi connectivity index (χ4n) is 10.6. The van der Waals surface area contributed by atoms with E-state index in [0.29, 0.717) is 33.8 Å². The number of thiazole rings is 1. The monoisotopic (exact) mass is 669 g/mol. The number of carbonyl (C=O) groups excluding carboxylic acids is 1. The quantitative estimate of drug-likeness (QED) is 0.257. The number of nitrogens with zero attached hydrogens (tertiary/aromatic N) is 2. The first-order valence-electron chi connectivity index (χ1n) is 17.1. The van der Waals surface area contributed by atoms with E-state index in [1.165, 1.54) is 23.1 Å². The molecule has 12 atom stereocenters. The Morgan fingerprint density at radius 3 is 2.65 bits per heavy atom. The molecule has 250 valence electrons. The third-order valence-electron chi connectivity index (χ3n) is 13.1. The van der Waals surface area contributed by atoms with Crippen molar-refractivity contribution in [2.24, 2.45) is 51.3 Å². The van der Waals surface area contributed by atoms with Crippen molar-refractivity contribution in [2.75, 3.05) is 11.1 Å². The predicted molar refractivity (Wildman–Crippen MR) is 181 cm³/mol. The molecule has 1 amide bonds. The Kier molecular flexibility index (Phi) is 8.57. The van der Waals surface area contributed by atoms with Crippen molar-refractivity contribution in [3.05, 3.63) is 23.2 Å². The van der Waals surface area contributed by atoms with Crippen molar-refractivity contribution in [1.29, 1.82) is 0 Å². The average molecular weight is 670 g/mol. The number of aliphatic carboxylic acids is 1. The van der Waals surface area contributed by atoms with Crippen LogP contribution in [0.2, 0.25) is 0 Å². The SMILES string of the molecule is C[C@H](CCC(=O)Nc1ccc2nc(C3=N[C@@H](C(=O)O)CS3)sc2c1)[C@H]1CC[C@H]2[C@@H]3[C@H](O)C[C@@H]4C[C@H](O)CC[C@]4(C)[C@H]3C[C@H](O)[C@]12C. The van der Waals surface area contributed by atoms with Gasteiger partial charge in [-0.05, 0) is 116 Å². The molecule has 0 unspecified atom stereocenters. The molecular formula is C35H47N3O6S2. The number of benzene rings is 1. The lowest BCUT2D eigenvalue weighted by Crippen LogP contribution is -2.62. The van der Waals surface area contributed by atoms with Crippen LogP contribution in [0, 0.1) is 46.3 Å². The van der Waals surface area contributed by atoms with Gasteiger partial charge in [0.2, 0.25) is 5.91 Å². The summed E-state index contributed by atoms with van der Waals surface area (Å²) in [5.74, 6) is 1.03. The fraction of sp³-hybridized carbons (Fsp3) is 0.714. The number of carboxylic acid groups (broad SMARTS) is 1. The molecule has 9 nitrogen and oxygen atoms in total. The Hall–Kier alpha value is -2.05. The lowest BCUT2D eigenvalue weighted by molar-refractivity contribution is -0.207. The second-order valence-corrected chi connectivity index (χ2v) is 17.4. The summed E-state index contributed by atoms with van der Waals surface area (Å²) >= 11 is 2.86.